The highest BCUT2D eigenvalue weighted by Gasteiger charge is 2.06. The van der Waals surface area contributed by atoms with E-state index in [1.54, 1.807) is 11.3 Å². The van der Waals surface area contributed by atoms with Crippen molar-refractivity contribution >= 4 is 45.5 Å². The zero-order valence-corrected chi connectivity index (χ0v) is 11.4. The minimum atomic E-state index is 0.0339. The summed E-state index contributed by atoms with van der Waals surface area (Å²) in [6, 6.07) is 11.7. The van der Waals surface area contributed by atoms with Gasteiger partial charge in [0.15, 0.2) is 0 Å². The zero-order chi connectivity index (χ0) is 11.4. The zero-order valence-electron chi connectivity index (χ0n) is 8.44. The number of hydrogen-bond donors (Lipinski definition) is 1. The molecular formula is C12H10INOS. The quantitative estimate of drug-likeness (QED) is 0.849. The highest BCUT2D eigenvalue weighted by molar-refractivity contribution is 14.1. The number of halogens is 1. The van der Waals surface area contributed by atoms with Crippen LogP contribution in [0.5, 0.6) is 0 Å². The first-order chi connectivity index (χ1) is 7.75. The van der Waals surface area contributed by atoms with Crippen LogP contribution in [0.25, 0.3) is 0 Å². The standard InChI is InChI=1S/C12H10INOS/c13-10-5-1-2-6-11(10)14-12(15)8-9-4-3-7-16-9/h1-7H,8H2,(H,14,15). The molecule has 1 heterocycles. The van der Waals surface area contributed by atoms with Crippen molar-refractivity contribution in [2.24, 2.45) is 0 Å². The Morgan fingerprint density at radius 3 is 2.75 bits per heavy atom. The summed E-state index contributed by atoms with van der Waals surface area (Å²) >= 11 is 3.81. The van der Waals surface area contributed by atoms with Gasteiger partial charge < -0.3 is 5.32 Å². The number of para-hydroxylation sites is 1. The maximum absolute atomic E-state index is 11.7. The molecule has 0 unspecified atom stereocenters. The number of benzene rings is 1. The Hall–Kier alpha value is -0.880. The van der Waals surface area contributed by atoms with Crippen LogP contribution in [0.2, 0.25) is 0 Å². The van der Waals surface area contributed by atoms with E-state index >= 15 is 0 Å². The Morgan fingerprint density at radius 2 is 2.06 bits per heavy atom. The third kappa shape index (κ3) is 3.05. The number of anilines is 1. The molecule has 0 atom stereocenters. The summed E-state index contributed by atoms with van der Waals surface area (Å²) in [4.78, 5) is 12.8. The van der Waals surface area contributed by atoms with E-state index in [4.69, 9.17) is 0 Å². The van der Waals surface area contributed by atoms with E-state index < -0.39 is 0 Å². The molecule has 0 fully saturated rings. The fraction of sp³-hybridized carbons (Fsp3) is 0.0833. The molecule has 2 aromatic rings. The van der Waals surface area contributed by atoms with E-state index in [2.05, 4.69) is 27.9 Å². The highest BCUT2D eigenvalue weighted by Crippen LogP contribution is 2.17. The first-order valence-electron chi connectivity index (χ1n) is 4.82. The molecule has 0 aliphatic heterocycles. The lowest BCUT2D eigenvalue weighted by Gasteiger charge is -2.05. The second-order valence-electron chi connectivity index (χ2n) is 3.28. The van der Waals surface area contributed by atoms with Crippen molar-refractivity contribution in [3.63, 3.8) is 0 Å². The summed E-state index contributed by atoms with van der Waals surface area (Å²) in [6.45, 7) is 0. The molecule has 4 heteroatoms. The van der Waals surface area contributed by atoms with Gasteiger partial charge in [-0.05, 0) is 46.2 Å². The second kappa shape index (κ2) is 5.45. The van der Waals surface area contributed by atoms with Crippen LogP contribution in [-0.2, 0) is 11.2 Å². The average molecular weight is 343 g/mol. The Kier molecular flexibility index (Phi) is 3.95. The summed E-state index contributed by atoms with van der Waals surface area (Å²) in [7, 11) is 0. The summed E-state index contributed by atoms with van der Waals surface area (Å²) < 4.78 is 1.06. The van der Waals surface area contributed by atoms with Gasteiger partial charge in [-0.3, -0.25) is 4.79 Å². The molecule has 0 aliphatic rings. The SMILES string of the molecule is O=C(Cc1cccs1)Nc1ccccc1I. The van der Waals surface area contributed by atoms with Crippen LogP contribution in [0.4, 0.5) is 5.69 Å². The smallest absolute Gasteiger partial charge is 0.229 e. The molecule has 0 aliphatic carbocycles. The van der Waals surface area contributed by atoms with Gasteiger partial charge in [0, 0.05) is 8.45 Å². The van der Waals surface area contributed by atoms with E-state index in [0.29, 0.717) is 6.42 Å². The summed E-state index contributed by atoms with van der Waals surface area (Å²) in [5, 5.41) is 4.89. The molecule has 2 rings (SSSR count). The van der Waals surface area contributed by atoms with Crippen LogP contribution >= 0.6 is 33.9 Å². The largest absolute Gasteiger partial charge is 0.325 e. The molecule has 0 spiro atoms. The van der Waals surface area contributed by atoms with Gasteiger partial charge in [-0.15, -0.1) is 11.3 Å². The van der Waals surface area contributed by atoms with Crippen molar-refractivity contribution in [1.29, 1.82) is 0 Å². The molecular weight excluding hydrogens is 333 g/mol. The van der Waals surface area contributed by atoms with Crippen LogP contribution in [0.15, 0.2) is 41.8 Å². The molecule has 1 amide bonds. The van der Waals surface area contributed by atoms with E-state index in [-0.39, 0.29) is 5.91 Å². The Labute approximate surface area is 112 Å². The lowest BCUT2D eigenvalue weighted by Crippen LogP contribution is -2.14. The predicted octanol–water partition coefficient (Wildman–Crippen LogP) is 3.53. The maximum Gasteiger partial charge on any atom is 0.229 e. The van der Waals surface area contributed by atoms with Crippen molar-refractivity contribution < 1.29 is 4.79 Å². The number of thiophene rings is 1. The normalized spacial score (nSPS) is 10.1. The first-order valence-corrected chi connectivity index (χ1v) is 6.78. The molecule has 1 N–H and O–H groups in total. The Morgan fingerprint density at radius 1 is 1.25 bits per heavy atom. The third-order valence-corrected chi connectivity index (χ3v) is 3.88. The molecule has 2 nitrogen and oxygen atoms in total. The number of amides is 1. The molecule has 1 aromatic heterocycles. The lowest BCUT2D eigenvalue weighted by molar-refractivity contribution is -0.115. The van der Waals surface area contributed by atoms with E-state index in [9.17, 15) is 4.79 Å². The summed E-state index contributed by atoms with van der Waals surface area (Å²) in [6.07, 6.45) is 0.447. The van der Waals surface area contributed by atoms with Gasteiger partial charge in [-0.1, -0.05) is 18.2 Å². The van der Waals surface area contributed by atoms with E-state index in [0.717, 1.165) is 14.1 Å². The van der Waals surface area contributed by atoms with Gasteiger partial charge in [-0.2, -0.15) is 0 Å². The maximum atomic E-state index is 11.7. The molecule has 0 radical (unpaired) electrons. The molecule has 0 saturated carbocycles. The van der Waals surface area contributed by atoms with Crippen LogP contribution in [0.3, 0.4) is 0 Å². The fourth-order valence-electron chi connectivity index (χ4n) is 1.33. The molecule has 0 bridgehead atoms. The predicted molar refractivity (Wildman–Crippen MR) is 75.8 cm³/mol. The number of carbonyl (C=O) groups excluding carboxylic acids is 1. The summed E-state index contributed by atoms with van der Waals surface area (Å²) in [5.41, 5.74) is 0.879. The van der Waals surface area contributed by atoms with Gasteiger partial charge in [0.2, 0.25) is 5.91 Å². The topological polar surface area (TPSA) is 29.1 Å². The number of hydrogen-bond acceptors (Lipinski definition) is 2. The first kappa shape index (κ1) is 11.6. The van der Waals surface area contributed by atoms with Gasteiger partial charge in [-0.25, -0.2) is 0 Å². The number of rotatable bonds is 3. The Bertz CT molecular complexity index is 482. The van der Waals surface area contributed by atoms with E-state index in [1.807, 2.05) is 41.8 Å². The fourth-order valence-corrected chi connectivity index (χ4v) is 2.55. The van der Waals surface area contributed by atoms with Crippen molar-refractivity contribution in [2.75, 3.05) is 5.32 Å². The van der Waals surface area contributed by atoms with Gasteiger partial charge in [0.05, 0.1) is 12.1 Å². The van der Waals surface area contributed by atoms with Gasteiger partial charge in [0.1, 0.15) is 0 Å². The van der Waals surface area contributed by atoms with E-state index in [1.165, 1.54) is 0 Å². The summed E-state index contributed by atoms with van der Waals surface area (Å²) in [5.74, 6) is 0.0339. The third-order valence-electron chi connectivity index (χ3n) is 2.06. The second-order valence-corrected chi connectivity index (χ2v) is 5.48. The van der Waals surface area contributed by atoms with Crippen molar-refractivity contribution in [3.8, 4) is 0 Å². The van der Waals surface area contributed by atoms with Gasteiger partial charge >= 0.3 is 0 Å². The molecule has 0 saturated heterocycles. The van der Waals surface area contributed by atoms with Crippen LogP contribution in [0, 0.1) is 3.57 Å². The van der Waals surface area contributed by atoms with Crippen LogP contribution < -0.4 is 5.32 Å². The highest BCUT2D eigenvalue weighted by atomic mass is 127. The Balaban J connectivity index is 2.00. The van der Waals surface area contributed by atoms with Crippen molar-refractivity contribution in [1.82, 2.24) is 0 Å². The monoisotopic (exact) mass is 343 g/mol. The van der Waals surface area contributed by atoms with Gasteiger partial charge in [0.25, 0.3) is 0 Å². The molecule has 82 valence electrons. The van der Waals surface area contributed by atoms with Crippen molar-refractivity contribution in [2.45, 2.75) is 6.42 Å². The van der Waals surface area contributed by atoms with Crippen LogP contribution in [-0.4, -0.2) is 5.91 Å². The number of nitrogens with one attached hydrogen (secondary N) is 1. The minimum Gasteiger partial charge on any atom is -0.325 e. The molecule has 16 heavy (non-hydrogen) atoms. The van der Waals surface area contributed by atoms with Crippen molar-refractivity contribution in [3.05, 3.63) is 50.2 Å². The number of carbonyl (C=O) groups is 1. The molecule has 1 aromatic carbocycles. The average Bonchev–Trinajstić information content (AvgIpc) is 2.74. The lowest BCUT2D eigenvalue weighted by atomic mass is 10.3. The minimum absolute atomic E-state index is 0.0339. The van der Waals surface area contributed by atoms with Crippen LogP contribution in [0.1, 0.15) is 4.88 Å².